The largest absolute Gasteiger partial charge is 0.103 e. The number of rotatable bonds is 28. The minimum absolute atomic E-state index is 0.0186. The molecule has 0 amide bonds. The molecule has 0 saturated carbocycles. The molecule has 2 unspecified atom stereocenters. The summed E-state index contributed by atoms with van der Waals surface area (Å²) in [6, 6.07) is 10.5. The zero-order valence-electron chi connectivity index (χ0n) is 36.2. The van der Waals surface area contributed by atoms with Gasteiger partial charge in [0.25, 0.3) is 0 Å². The number of unbranched alkanes of at least 4 members (excludes halogenated alkanes) is 1. The zero-order chi connectivity index (χ0) is 41.1. The van der Waals surface area contributed by atoms with Crippen molar-refractivity contribution >= 4 is 29.3 Å². The summed E-state index contributed by atoms with van der Waals surface area (Å²) >= 11 is 12.9. The van der Waals surface area contributed by atoms with Gasteiger partial charge in [0, 0.05) is 5.92 Å². The highest BCUT2D eigenvalue weighted by Gasteiger charge is 2.30. The van der Waals surface area contributed by atoms with Crippen LogP contribution in [0.4, 0.5) is 0 Å². The van der Waals surface area contributed by atoms with E-state index < -0.39 is 0 Å². The zero-order valence-corrected chi connectivity index (χ0v) is 37.7. The maximum atomic E-state index is 6.44. The normalized spacial score (nSPS) is 14.3. The minimum Gasteiger partial charge on any atom is -0.103 e. The Kier molecular flexibility index (Phi) is 26.5. The van der Waals surface area contributed by atoms with E-state index in [-0.39, 0.29) is 11.3 Å². The van der Waals surface area contributed by atoms with Crippen LogP contribution >= 0.6 is 23.2 Å². The van der Waals surface area contributed by atoms with E-state index >= 15 is 0 Å². The van der Waals surface area contributed by atoms with Crippen molar-refractivity contribution in [1.29, 1.82) is 0 Å². The molecule has 0 aromatic heterocycles. The lowest BCUT2D eigenvalue weighted by Gasteiger charge is -2.35. The maximum Gasteiger partial charge on any atom is 0.103 e. The van der Waals surface area contributed by atoms with Crippen LogP contribution in [0.1, 0.15) is 151 Å². The molecule has 55 heavy (non-hydrogen) atoms. The number of hydrogen-bond acceptors (Lipinski definition) is 0. The van der Waals surface area contributed by atoms with Crippen molar-refractivity contribution < 1.29 is 0 Å². The Balaban J connectivity index is 4.21. The molecular formula is C53H76Cl2. The third kappa shape index (κ3) is 20.1. The van der Waals surface area contributed by atoms with Gasteiger partial charge in [-0.3, -0.25) is 0 Å². The van der Waals surface area contributed by atoms with Crippen molar-refractivity contribution in [2.75, 3.05) is 0 Å². The first-order valence-corrected chi connectivity index (χ1v) is 21.7. The summed E-state index contributed by atoms with van der Waals surface area (Å²) in [5.74, 6) is 0.473. The highest BCUT2D eigenvalue weighted by atomic mass is 35.5. The molecule has 1 aromatic carbocycles. The van der Waals surface area contributed by atoms with Crippen molar-refractivity contribution in [1.82, 2.24) is 0 Å². The summed E-state index contributed by atoms with van der Waals surface area (Å²) in [6.07, 6.45) is 38.6. The fraction of sp³-hybridized carbons (Fsp3) is 0.472. The highest BCUT2D eigenvalue weighted by Crippen LogP contribution is 2.45. The van der Waals surface area contributed by atoms with Gasteiger partial charge in [-0.1, -0.05) is 176 Å². The van der Waals surface area contributed by atoms with E-state index in [2.05, 4.69) is 166 Å². The quantitative estimate of drug-likeness (QED) is 0.0451. The second-order valence-corrected chi connectivity index (χ2v) is 16.9. The van der Waals surface area contributed by atoms with Gasteiger partial charge in [-0.25, -0.2) is 0 Å². The van der Waals surface area contributed by atoms with Gasteiger partial charge in [-0.15, -0.1) is 13.2 Å². The maximum absolute atomic E-state index is 6.44. The molecule has 0 heterocycles. The lowest BCUT2D eigenvalue weighted by atomic mass is 9.70. The first-order valence-electron chi connectivity index (χ1n) is 21.0. The van der Waals surface area contributed by atoms with Gasteiger partial charge in [0.1, 0.15) is 4.49 Å². The molecule has 0 spiro atoms. The van der Waals surface area contributed by atoms with E-state index in [1.165, 1.54) is 27.9 Å². The smallest absolute Gasteiger partial charge is 0.103 e. The predicted molar refractivity (Wildman–Crippen MR) is 253 cm³/mol. The summed E-state index contributed by atoms with van der Waals surface area (Å²) in [6.45, 7) is 31.0. The Morgan fingerprint density at radius 1 is 0.818 bits per heavy atom. The van der Waals surface area contributed by atoms with E-state index in [0.29, 0.717) is 10.4 Å². The molecule has 0 N–H and O–H groups in total. The van der Waals surface area contributed by atoms with Crippen LogP contribution in [0, 0.1) is 17.3 Å². The van der Waals surface area contributed by atoms with E-state index in [0.717, 1.165) is 89.9 Å². The average molecular weight is 784 g/mol. The Hall–Kier alpha value is -3.06. The van der Waals surface area contributed by atoms with Crippen molar-refractivity contribution in [3.05, 3.63) is 160 Å². The Labute approximate surface area is 350 Å². The second kappa shape index (κ2) is 29.2. The second-order valence-electron chi connectivity index (χ2n) is 15.9. The number of benzene rings is 1. The monoisotopic (exact) mass is 783 g/mol. The summed E-state index contributed by atoms with van der Waals surface area (Å²) in [4.78, 5) is 0. The molecule has 0 saturated heterocycles. The molecule has 0 nitrogen and oxygen atoms in total. The first-order chi connectivity index (χ1) is 26.4. The van der Waals surface area contributed by atoms with Crippen LogP contribution in [0.3, 0.4) is 0 Å². The van der Waals surface area contributed by atoms with Gasteiger partial charge in [0.05, 0.1) is 0 Å². The van der Waals surface area contributed by atoms with E-state index in [4.69, 9.17) is 23.2 Å². The molecule has 0 radical (unpaired) electrons. The van der Waals surface area contributed by atoms with Crippen molar-refractivity contribution in [2.24, 2.45) is 17.3 Å². The van der Waals surface area contributed by atoms with Crippen LogP contribution in [-0.2, 0) is 0 Å². The van der Waals surface area contributed by atoms with Crippen molar-refractivity contribution in [2.45, 2.75) is 145 Å². The Morgan fingerprint density at radius 2 is 1.49 bits per heavy atom. The van der Waals surface area contributed by atoms with Gasteiger partial charge in [-0.05, 0) is 152 Å². The molecule has 1 rings (SSSR count). The first kappa shape index (κ1) is 50.0. The Morgan fingerprint density at radius 3 is 2.07 bits per heavy atom. The summed E-state index contributed by atoms with van der Waals surface area (Å²) in [7, 11) is 0. The molecule has 0 aliphatic rings. The number of halogens is 2. The molecule has 0 aliphatic carbocycles. The van der Waals surface area contributed by atoms with Gasteiger partial charge in [-0.2, -0.15) is 0 Å². The fourth-order valence-electron chi connectivity index (χ4n) is 7.64. The molecule has 0 bridgehead atoms. The lowest BCUT2D eigenvalue weighted by Crippen LogP contribution is -2.20. The fourth-order valence-corrected chi connectivity index (χ4v) is 7.95. The third-order valence-corrected chi connectivity index (χ3v) is 10.7. The van der Waals surface area contributed by atoms with Crippen LogP contribution in [0.5, 0.6) is 0 Å². The highest BCUT2D eigenvalue weighted by molar-refractivity contribution is 6.55. The van der Waals surface area contributed by atoms with Gasteiger partial charge >= 0.3 is 0 Å². The van der Waals surface area contributed by atoms with Crippen LogP contribution in [-0.4, -0.2) is 0 Å². The van der Waals surface area contributed by atoms with Crippen LogP contribution in [0.2, 0.25) is 0 Å². The molecule has 2 heteroatoms. The van der Waals surface area contributed by atoms with Crippen molar-refractivity contribution in [3.8, 4) is 0 Å². The van der Waals surface area contributed by atoms with Crippen LogP contribution in [0.25, 0.3) is 6.08 Å². The molecule has 0 fully saturated rings. The van der Waals surface area contributed by atoms with E-state index in [1.54, 1.807) is 16.7 Å². The minimum atomic E-state index is -0.0186. The molecule has 1 aromatic rings. The standard InChI is InChI=1S/C53H76Cl2/c1-12-17-23-33-45(37-38-48(43(8)9)46(41-51(54)55)34-28-31-44-29-25-22-26-30-44)52(47(32-20-15-4)40-42(6)7)49(35-21-16-5)50(36-24-18-13-2)53(10,11)39-27-19-14-3/h12,15-16,18-20,22,24-31,41,45-46H,1,5-6,13-14,17,21,23,32-40H2,2-4,7-11H3/b20-15?,24-18?,27-19?,31-28?,50-49-,52-47-. The van der Waals surface area contributed by atoms with Crippen LogP contribution in [0.15, 0.2) is 154 Å². The summed E-state index contributed by atoms with van der Waals surface area (Å²) < 4.78 is 0.328. The van der Waals surface area contributed by atoms with Crippen LogP contribution < -0.4 is 0 Å². The third-order valence-electron chi connectivity index (χ3n) is 10.4. The summed E-state index contributed by atoms with van der Waals surface area (Å²) in [5.41, 5.74) is 11.3. The van der Waals surface area contributed by atoms with Crippen molar-refractivity contribution in [3.63, 3.8) is 0 Å². The predicted octanol–water partition coefficient (Wildman–Crippen LogP) is 18.3. The number of allylic oxidation sites excluding steroid dienone is 17. The molecule has 0 aliphatic heterocycles. The lowest BCUT2D eigenvalue weighted by molar-refractivity contribution is 0.431. The average Bonchev–Trinajstić information content (AvgIpc) is 3.13. The molecule has 302 valence electrons. The van der Waals surface area contributed by atoms with Gasteiger partial charge in [0.15, 0.2) is 0 Å². The summed E-state index contributed by atoms with van der Waals surface area (Å²) in [5, 5.41) is 0. The SMILES string of the molecule is C=CCCCC(CCC(=C(C)C)C(C=C(Cl)Cl)CC=Cc1ccccc1)C(=C(\CC=CC)CC(=C)C)/C(CCC=C)=C(/CC=CCC)C(C)(C)CC=CCC. The molecular weight excluding hydrogens is 707 g/mol. The molecule has 2 atom stereocenters. The Bertz CT molecular complexity index is 1540. The van der Waals surface area contributed by atoms with Gasteiger partial charge in [0.2, 0.25) is 0 Å². The topological polar surface area (TPSA) is 0 Å². The number of hydrogen-bond donors (Lipinski definition) is 0. The van der Waals surface area contributed by atoms with E-state index in [1.807, 2.05) is 6.08 Å². The van der Waals surface area contributed by atoms with E-state index in [9.17, 15) is 0 Å². The van der Waals surface area contributed by atoms with Gasteiger partial charge < -0.3 is 0 Å².